The lowest BCUT2D eigenvalue weighted by Gasteiger charge is -1.98. The second kappa shape index (κ2) is 8.78. The first-order valence-electron chi connectivity index (χ1n) is 6.31. The highest BCUT2D eigenvalue weighted by Crippen LogP contribution is 2.09. The van der Waals surface area contributed by atoms with Crippen molar-refractivity contribution in [3.8, 4) is 0 Å². The Bertz CT molecular complexity index is 162. The third kappa shape index (κ3) is 8.49. The van der Waals surface area contributed by atoms with Crippen molar-refractivity contribution >= 4 is 0 Å². The first-order chi connectivity index (χ1) is 7.43. The Balaban J connectivity index is 1.71. The van der Waals surface area contributed by atoms with Gasteiger partial charge in [-0.25, -0.2) is 0 Å². The number of hydrogen-bond acceptors (Lipinski definition) is 2. The second-order valence-corrected chi connectivity index (χ2v) is 4.22. The van der Waals surface area contributed by atoms with E-state index in [1.54, 1.807) is 0 Å². The molecule has 0 radical (unpaired) electrons. The Hall–Kier alpha value is -0.500. The standard InChI is InChI=1S/C13H24O2/c1-2-3-4-5-6-7-8-9-10-14-11-13-12-15-13/h9-10,13H,2-8,11-12H2,1H3. The molecular formula is C13H24O2. The molecule has 1 atom stereocenters. The lowest BCUT2D eigenvalue weighted by atomic mass is 10.1. The lowest BCUT2D eigenvalue weighted by molar-refractivity contribution is 0.211. The summed E-state index contributed by atoms with van der Waals surface area (Å²) in [5.41, 5.74) is 0. The molecule has 1 aliphatic rings. The van der Waals surface area contributed by atoms with Gasteiger partial charge in [0.05, 0.1) is 12.9 Å². The molecule has 1 unspecified atom stereocenters. The van der Waals surface area contributed by atoms with Crippen molar-refractivity contribution in [1.82, 2.24) is 0 Å². The van der Waals surface area contributed by atoms with Gasteiger partial charge in [0.1, 0.15) is 12.7 Å². The van der Waals surface area contributed by atoms with E-state index < -0.39 is 0 Å². The zero-order chi connectivity index (χ0) is 10.8. The SMILES string of the molecule is CCCCCCCCC=COCC1CO1. The van der Waals surface area contributed by atoms with Crippen molar-refractivity contribution in [2.75, 3.05) is 13.2 Å². The van der Waals surface area contributed by atoms with Crippen molar-refractivity contribution in [2.45, 2.75) is 58.0 Å². The molecule has 1 aliphatic heterocycles. The van der Waals surface area contributed by atoms with E-state index in [1.807, 2.05) is 6.26 Å². The Labute approximate surface area is 93.7 Å². The van der Waals surface area contributed by atoms with Crippen molar-refractivity contribution in [3.05, 3.63) is 12.3 Å². The Kier molecular flexibility index (Phi) is 7.36. The van der Waals surface area contributed by atoms with Crippen LogP contribution in [0.4, 0.5) is 0 Å². The average molecular weight is 212 g/mol. The molecule has 0 aromatic rings. The Morgan fingerprint density at radius 3 is 2.67 bits per heavy atom. The Morgan fingerprint density at radius 2 is 1.93 bits per heavy atom. The predicted molar refractivity (Wildman–Crippen MR) is 62.8 cm³/mol. The molecule has 88 valence electrons. The van der Waals surface area contributed by atoms with E-state index in [4.69, 9.17) is 9.47 Å². The number of rotatable bonds is 10. The van der Waals surface area contributed by atoms with Crippen LogP contribution in [0.2, 0.25) is 0 Å². The molecule has 0 aliphatic carbocycles. The summed E-state index contributed by atoms with van der Waals surface area (Å²) in [5, 5.41) is 0. The molecular weight excluding hydrogens is 188 g/mol. The van der Waals surface area contributed by atoms with Gasteiger partial charge in [-0.05, 0) is 18.9 Å². The van der Waals surface area contributed by atoms with Crippen LogP contribution >= 0.6 is 0 Å². The van der Waals surface area contributed by atoms with Gasteiger partial charge in [0.15, 0.2) is 0 Å². The highest BCUT2D eigenvalue weighted by Gasteiger charge is 2.22. The van der Waals surface area contributed by atoms with Gasteiger partial charge in [-0.1, -0.05) is 39.0 Å². The molecule has 0 amide bonds. The van der Waals surface area contributed by atoms with E-state index in [1.165, 1.54) is 38.5 Å². The maximum atomic E-state index is 5.30. The van der Waals surface area contributed by atoms with Gasteiger partial charge in [-0.15, -0.1) is 0 Å². The quantitative estimate of drug-likeness (QED) is 0.313. The number of epoxide rings is 1. The molecule has 2 nitrogen and oxygen atoms in total. The minimum absolute atomic E-state index is 0.378. The van der Waals surface area contributed by atoms with E-state index in [0.29, 0.717) is 6.10 Å². The van der Waals surface area contributed by atoms with Gasteiger partial charge in [0.25, 0.3) is 0 Å². The van der Waals surface area contributed by atoms with Gasteiger partial charge in [-0.3, -0.25) is 0 Å². The van der Waals surface area contributed by atoms with E-state index in [2.05, 4.69) is 13.0 Å². The summed E-state index contributed by atoms with van der Waals surface area (Å²) < 4.78 is 10.3. The van der Waals surface area contributed by atoms with Crippen LogP contribution in [0, 0.1) is 0 Å². The summed E-state index contributed by atoms with van der Waals surface area (Å²) >= 11 is 0. The van der Waals surface area contributed by atoms with Crippen molar-refractivity contribution in [2.24, 2.45) is 0 Å². The fraction of sp³-hybridized carbons (Fsp3) is 0.846. The maximum absolute atomic E-state index is 5.30. The molecule has 1 rings (SSSR count). The minimum atomic E-state index is 0.378. The molecule has 0 aromatic heterocycles. The largest absolute Gasteiger partial charge is 0.499 e. The minimum Gasteiger partial charge on any atom is -0.499 e. The van der Waals surface area contributed by atoms with Gasteiger partial charge in [0.2, 0.25) is 0 Å². The smallest absolute Gasteiger partial charge is 0.116 e. The van der Waals surface area contributed by atoms with E-state index in [-0.39, 0.29) is 0 Å². The monoisotopic (exact) mass is 212 g/mol. The van der Waals surface area contributed by atoms with Crippen LogP contribution in [0.3, 0.4) is 0 Å². The molecule has 15 heavy (non-hydrogen) atoms. The zero-order valence-corrected chi connectivity index (χ0v) is 9.91. The highest BCUT2D eigenvalue weighted by molar-refractivity contribution is 4.75. The van der Waals surface area contributed by atoms with Crippen molar-refractivity contribution in [3.63, 3.8) is 0 Å². The van der Waals surface area contributed by atoms with Crippen molar-refractivity contribution < 1.29 is 9.47 Å². The predicted octanol–water partition coefficient (Wildman–Crippen LogP) is 3.67. The van der Waals surface area contributed by atoms with Crippen LogP contribution in [-0.2, 0) is 9.47 Å². The third-order valence-corrected chi connectivity index (χ3v) is 2.60. The molecule has 2 heteroatoms. The lowest BCUT2D eigenvalue weighted by Crippen LogP contribution is -1.94. The summed E-state index contributed by atoms with van der Waals surface area (Å²) in [7, 11) is 0. The maximum Gasteiger partial charge on any atom is 0.116 e. The average Bonchev–Trinajstić information content (AvgIpc) is 3.05. The van der Waals surface area contributed by atoms with E-state index in [0.717, 1.165) is 19.6 Å². The molecule has 1 saturated heterocycles. The van der Waals surface area contributed by atoms with Crippen LogP contribution in [0.5, 0.6) is 0 Å². The van der Waals surface area contributed by atoms with Crippen molar-refractivity contribution in [1.29, 1.82) is 0 Å². The summed E-state index contributed by atoms with van der Waals surface area (Å²) in [6.07, 6.45) is 13.6. The van der Waals surface area contributed by atoms with Gasteiger partial charge >= 0.3 is 0 Å². The molecule has 1 fully saturated rings. The number of allylic oxidation sites excluding steroid dienone is 1. The van der Waals surface area contributed by atoms with Crippen LogP contribution in [0.1, 0.15) is 51.9 Å². The van der Waals surface area contributed by atoms with E-state index >= 15 is 0 Å². The van der Waals surface area contributed by atoms with Crippen LogP contribution in [0.25, 0.3) is 0 Å². The van der Waals surface area contributed by atoms with Gasteiger partial charge in [-0.2, -0.15) is 0 Å². The molecule has 0 saturated carbocycles. The van der Waals surface area contributed by atoms with Crippen LogP contribution in [-0.4, -0.2) is 19.3 Å². The summed E-state index contributed by atoms with van der Waals surface area (Å²) in [4.78, 5) is 0. The molecule has 0 bridgehead atoms. The normalized spacial score (nSPS) is 19.7. The topological polar surface area (TPSA) is 21.8 Å². The fourth-order valence-electron chi connectivity index (χ4n) is 1.51. The van der Waals surface area contributed by atoms with Crippen LogP contribution in [0.15, 0.2) is 12.3 Å². The fourth-order valence-corrected chi connectivity index (χ4v) is 1.51. The number of ether oxygens (including phenoxy) is 2. The third-order valence-electron chi connectivity index (χ3n) is 2.60. The van der Waals surface area contributed by atoms with Crippen LogP contribution < -0.4 is 0 Å². The van der Waals surface area contributed by atoms with Gasteiger partial charge < -0.3 is 9.47 Å². The first-order valence-corrected chi connectivity index (χ1v) is 6.31. The van der Waals surface area contributed by atoms with E-state index in [9.17, 15) is 0 Å². The number of hydrogen-bond donors (Lipinski definition) is 0. The molecule has 0 aromatic carbocycles. The summed E-state index contributed by atoms with van der Waals surface area (Å²) in [5.74, 6) is 0. The van der Waals surface area contributed by atoms with Gasteiger partial charge in [0, 0.05) is 0 Å². The first kappa shape index (κ1) is 12.6. The molecule has 0 spiro atoms. The summed E-state index contributed by atoms with van der Waals surface area (Å²) in [6.45, 7) is 3.86. The summed E-state index contributed by atoms with van der Waals surface area (Å²) in [6, 6.07) is 0. The molecule has 1 heterocycles. The zero-order valence-electron chi connectivity index (χ0n) is 9.91. The highest BCUT2D eigenvalue weighted by atomic mass is 16.6. The second-order valence-electron chi connectivity index (χ2n) is 4.22. The number of unbranched alkanes of at least 4 members (excludes halogenated alkanes) is 6. The molecule has 0 N–H and O–H groups in total. The Morgan fingerprint density at radius 1 is 1.20 bits per heavy atom.